The number of fused-ring (bicyclic) bond motifs is 1. The molecule has 1 N–H and O–H groups in total. The van der Waals surface area contributed by atoms with Crippen LogP contribution in [0.25, 0.3) is 10.8 Å². The zero-order valence-corrected chi connectivity index (χ0v) is 18.1. The van der Waals surface area contributed by atoms with Gasteiger partial charge in [-0.05, 0) is 45.0 Å². The molecule has 0 spiro atoms. The summed E-state index contributed by atoms with van der Waals surface area (Å²) in [7, 11) is 3.39. The van der Waals surface area contributed by atoms with Crippen molar-refractivity contribution in [3.63, 3.8) is 0 Å². The molecule has 1 aliphatic rings. The molecule has 11 heteroatoms. The largest absolute Gasteiger partial charge is 0.490 e. The highest BCUT2D eigenvalue weighted by Gasteiger charge is 2.38. The van der Waals surface area contributed by atoms with E-state index in [1.807, 2.05) is 6.07 Å². The highest BCUT2D eigenvalue weighted by Crippen LogP contribution is 2.15. The van der Waals surface area contributed by atoms with E-state index in [0.29, 0.717) is 23.0 Å². The van der Waals surface area contributed by atoms with Crippen LogP contribution in [0, 0.1) is 0 Å². The molecule has 2 heterocycles. The number of aromatic nitrogens is 2. The Balaban J connectivity index is 0.000000451. The minimum Gasteiger partial charge on any atom is -0.475 e. The number of carbonyl (C=O) groups excluding carboxylic acids is 1. The number of benzene rings is 1. The van der Waals surface area contributed by atoms with Crippen molar-refractivity contribution < 1.29 is 27.9 Å². The third-order valence-corrected chi connectivity index (χ3v) is 5.16. The van der Waals surface area contributed by atoms with E-state index in [4.69, 9.17) is 9.90 Å². The first kappa shape index (κ1) is 25.3. The van der Waals surface area contributed by atoms with Crippen molar-refractivity contribution in [2.75, 3.05) is 33.2 Å². The van der Waals surface area contributed by atoms with Crippen LogP contribution in [0.4, 0.5) is 13.2 Å². The summed E-state index contributed by atoms with van der Waals surface area (Å²) in [5.74, 6) is -2.89. The fourth-order valence-electron chi connectivity index (χ4n) is 3.45. The van der Waals surface area contributed by atoms with E-state index >= 15 is 0 Å². The molecule has 8 nitrogen and oxygen atoms in total. The molecule has 1 aromatic carbocycles. The number of likely N-dealkylation sites (tertiary alicyclic amines) is 1. The molecule has 3 rings (SSSR count). The van der Waals surface area contributed by atoms with Gasteiger partial charge in [0.1, 0.15) is 0 Å². The normalized spacial score (nSPS) is 14.5. The Kier molecular flexibility index (Phi) is 8.76. The van der Waals surface area contributed by atoms with Crippen LogP contribution in [-0.4, -0.2) is 76.0 Å². The number of piperidine rings is 1. The minimum absolute atomic E-state index is 0.134. The van der Waals surface area contributed by atoms with Gasteiger partial charge >= 0.3 is 12.1 Å². The average Bonchev–Trinajstić information content (AvgIpc) is 2.76. The molecule has 1 aliphatic heterocycles. The monoisotopic (exact) mass is 456 g/mol. The van der Waals surface area contributed by atoms with Gasteiger partial charge in [-0.1, -0.05) is 24.6 Å². The summed E-state index contributed by atoms with van der Waals surface area (Å²) in [5.41, 5.74) is 0.165. The molecular weight excluding hydrogens is 429 g/mol. The van der Waals surface area contributed by atoms with Crippen molar-refractivity contribution in [2.24, 2.45) is 7.05 Å². The zero-order valence-electron chi connectivity index (χ0n) is 18.1. The second-order valence-corrected chi connectivity index (χ2v) is 7.61. The Hall–Kier alpha value is -2.95. The van der Waals surface area contributed by atoms with E-state index in [9.17, 15) is 22.8 Å². The number of hydrogen-bond donors (Lipinski definition) is 1. The molecule has 0 atom stereocenters. The first-order valence-electron chi connectivity index (χ1n) is 10.3. The molecule has 1 saturated heterocycles. The molecule has 2 aromatic rings. The lowest BCUT2D eigenvalue weighted by molar-refractivity contribution is -0.192. The van der Waals surface area contributed by atoms with Crippen molar-refractivity contribution in [1.82, 2.24) is 19.6 Å². The van der Waals surface area contributed by atoms with Gasteiger partial charge in [0.05, 0.1) is 5.39 Å². The van der Waals surface area contributed by atoms with E-state index in [1.165, 1.54) is 37.0 Å². The fourth-order valence-corrected chi connectivity index (χ4v) is 3.45. The van der Waals surface area contributed by atoms with Crippen LogP contribution in [0.2, 0.25) is 0 Å². The van der Waals surface area contributed by atoms with Gasteiger partial charge in [-0.25, -0.2) is 9.48 Å². The highest BCUT2D eigenvalue weighted by molar-refractivity contribution is 6.04. The molecule has 0 saturated carbocycles. The Bertz CT molecular complexity index is 1000. The Labute approximate surface area is 183 Å². The van der Waals surface area contributed by atoms with Crippen LogP contribution in [0.5, 0.6) is 0 Å². The number of carbonyl (C=O) groups is 2. The third kappa shape index (κ3) is 6.78. The SMILES string of the molecule is CN(CCCN1CCCCC1)C(=O)c1nn(C)c(=O)c2ccccc12.O=C(O)C(F)(F)F. The summed E-state index contributed by atoms with van der Waals surface area (Å²) >= 11 is 0. The molecule has 0 unspecified atom stereocenters. The van der Waals surface area contributed by atoms with Gasteiger partial charge in [-0.2, -0.15) is 18.3 Å². The molecule has 0 aliphatic carbocycles. The summed E-state index contributed by atoms with van der Waals surface area (Å²) in [5, 5.41) is 12.5. The van der Waals surface area contributed by atoms with Gasteiger partial charge in [-0.3, -0.25) is 9.59 Å². The molecule has 1 fully saturated rings. The summed E-state index contributed by atoms with van der Waals surface area (Å²) in [6.07, 6.45) is -0.238. The van der Waals surface area contributed by atoms with Gasteiger partial charge in [0.15, 0.2) is 5.69 Å². The lowest BCUT2D eigenvalue weighted by Crippen LogP contribution is -2.35. The number of halogens is 3. The van der Waals surface area contributed by atoms with E-state index in [2.05, 4.69) is 10.00 Å². The number of nitrogens with zero attached hydrogens (tertiary/aromatic N) is 4. The molecule has 1 amide bonds. The predicted molar refractivity (Wildman–Crippen MR) is 113 cm³/mol. The van der Waals surface area contributed by atoms with Crippen molar-refractivity contribution in [3.05, 3.63) is 40.3 Å². The zero-order chi connectivity index (χ0) is 23.9. The van der Waals surface area contributed by atoms with Gasteiger partial charge < -0.3 is 14.9 Å². The lowest BCUT2D eigenvalue weighted by Gasteiger charge is -2.27. The summed E-state index contributed by atoms with van der Waals surface area (Å²) in [6, 6.07) is 7.17. The summed E-state index contributed by atoms with van der Waals surface area (Å²) in [6.45, 7) is 4.06. The first-order chi connectivity index (χ1) is 15.0. The van der Waals surface area contributed by atoms with E-state index in [0.717, 1.165) is 13.0 Å². The smallest absolute Gasteiger partial charge is 0.475 e. The van der Waals surface area contributed by atoms with Crippen LogP contribution in [0.15, 0.2) is 29.1 Å². The second kappa shape index (κ2) is 11.1. The number of alkyl halides is 3. The standard InChI is InChI=1S/C19H26N4O2.C2HF3O2/c1-21(11-8-14-23-12-6-3-7-13-23)19(25)17-15-9-4-5-10-16(15)18(24)22(2)20-17;3-2(4,5)1(6)7/h4-5,9-10H,3,6-8,11-14H2,1-2H3;(H,6,7). The molecule has 176 valence electrons. The number of carboxylic acids is 1. The number of hydrogen-bond acceptors (Lipinski definition) is 5. The van der Waals surface area contributed by atoms with Gasteiger partial charge in [0.25, 0.3) is 11.5 Å². The van der Waals surface area contributed by atoms with Crippen LogP contribution < -0.4 is 5.56 Å². The van der Waals surface area contributed by atoms with Crippen molar-refractivity contribution >= 4 is 22.6 Å². The third-order valence-electron chi connectivity index (χ3n) is 5.16. The number of carboxylic acid groups (broad SMARTS) is 1. The molecule has 0 bridgehead atoms. The van der Waals surface area contributed by atoms with Gasteiger partial charge in [0.2, 0.25) is 0 Å². The maximum absolute atomic E-state index is 12.8. The number of aliphatic carboxylic acids is 1. The van der Waals surface area contributed by atoms with Crippen LogP contribution in [0.1, 0.15) is 36.2 Å². The maximum Gasteiger partial charge on any atom is 0.490 e. The molecule has 0 radical (unpaired) electrons. The van der Waals surface area contributed by atoms with Gasteiger partial charge in [-0.15, -0.1) is 0 Å². The van der Waals surface area contributed by atoms with Crippen molar-refractivity contribution in [3.8, 4) is 0 Å². The predicted octanol–water partition coefficient (Wildman–Crippen LogP) is 2.51. The quantitative estimate of drug-likeness (QED) is 0.743. The fraction of sp³-hybridized carbons (Fsp3) is 0.524. The number of aryl methyl sites for hydroxylation is 1. The Morgan fingerprint density at radius 2 is 1.69 bits per heavy atom. The van der Waals surface area contributed by atoms with Crippen LogP contribution >= 0.6 is 0 Å². The van der Waals surface area contributed by atoms with E-state index in [1.54, 1.807) is 37.2 Å². The van der Waals surface area contributed by atoms with Gasteiger partial charge in [0, 0.05) is 26.0 Å². The molecule has 32 heavy (non-hydrogen) atoms. The van der Waals surface area contributed by atoms with E-state index < -0.39 is 12.1 Å². The second-order valence-electron chi connectivity index (χ2n) is 7.61. The Morgan fingerprint density at radius 1 is 1.12 bits per heavy atom. The average molecular weight is 456 g/mol. The van der Waals surface area contributed by atoms with Crippen LogP contribution in [-0.2, 0) is 11.8 Å². The number of rotatable bonds is 5. The summed E-state index contributed by atoms with van der Waals surface area (Å²) in [4.78, 5) is 38.1. The minimum atomic E-state index is -5.08. The molecule has 1 aromatic heterocycles. The van der Waals surface area contributed by atoms with Crippen molar-refractivity contribution in [2.45, 2.75) is 31.9 Å². The number of amides is 1. The van der Waals surface area contributed by atoms with Crippen LogP contribution in [0.3, 0.4) is 0 Å². The molecular formula is C21H27F3N4O4. The lowest BCUT2D eigenvalue weighted by atomic mass is 10.1. The maximum atomic E-state index is 12.8. The highest BCUT2D eigenvalue weighted by atomic mass is 19.4. The van der Waals surface area contributed by atoms with E-state index in [-0.39, 0.29) is 11.5 Å². The summed E-state index contributed by atoms with van der Waals surface area (Å²) < 4.78 is 33.0. The first-order valence-corrected chi connectivity index (χ1v) is 10.3. The Morgan fingerprint density at radius 3 is 2.25 bits per heavy atom. The van der Waals surface area contributed by atoms with Crippen molar-refractivity contribution in [1.29, 1.82) is 0 Å². The topological polar surface area (TPSA) is 95.7 Å².